The molecule has 0 aromatic carbocycles. The summed E-state index contributed by atoms with van der Waals surface area (Å²) in [6.45, 7) is 6.82. The fourth-order valence-electron chi connectivity index (χ4n) is 5.08. The van der Waals surface area contributed by atoms with Crippen LogP contribution in [0.2, 0.25) is 0 Å². The van der Waals surface area contributed by atoms with Gasteiger partial charge in [-0.1, -0.05) is 0 Å². The normalized spacial score (nSPS) is 20.4. The lowest BCUT2D eigenvalue weighted by Gasteiger charge is -2.33. The van der Waals surface area contributed by atoms with E-state index in [1.807, 2.05) is 17.2 Å². The van der Waals surface area contributed by atoms with E-state index in [1.54, 1.807) is 18.5 Å². The van der Waals surface area contributed by atoms with E-state index in [0.717, 1.165) is 36.8 Å². The van der Waals surface area contributed by atoms with Gasteiger partial charge in [-0.05, 0) is 52.3 Å². The largest absolute Gasteiger partial charge is 0.378 e. The van der Waals surface area contributed by atoms with Gasteiger partial charge >= 0.3 is 0 Å². The number of carbonyl (C=O) groups is 1. The van der Waals surface area contributed by atoms with Gasteiger partial charge in [-0.25, -0.2) is 14.4 Å². The SMILES string of the molecule is CO[C@H]1CCN(c2nccc(Nc3cc4c(cn3)c(C(=O)NC3CCNCC3)cn4C(C)C)n2)C[C@H]1F.Cl. The number of hydrogen-bond acceptors (Lipinski definition) is 8. The van der Waals surface area contributed by atoms with Gasteiger partial charge in [-0.2, -0.15) is 4.98 Å². The van der Waals surface area contributed by atoms with Crippen LogP contribution >= 0.6 is 12.4 Å². The zero-order valence-corrected chi connectivity index (χ0v) is 22.8. The van der Waals surface area contributed by atoms with E-state index in [9.17, 15) is 9.18 Å². The van der Waals surface area contributed by atoms with Gasteiger partial charge < -0.3 is 30.2 Å². The van der Waals surface area contributed by atoms with Gasteiger partial charge in [-0.3, -0.25) is 4.79 Å². The number of aromatic nitrogens is 4. The summed E-state index contributed by atoms with van der Waals surface area (Å²) < 4.78 is 21.7. The minimum atomic E-state index is -1.09. The Hall–Kier alpha value is -3.02. The van der Waals surface area contributed by atoms with Crippen molar-refractivity contribution in [2.45, 2.75) is 57.5 Å². The van der Waals surface area contributed by atoms with Gasteiger partial charge in [0.15, 0.2) is 0 Å². The van der Waals surface area contributed by atoms with Crippen LogP contribution < -0.4 is 20.9 Å². The zero-order chi connectivity index (χ0) is 25.9. The van der Waals surface area contributed by atoms with Crippen LogP contribution in [0.25, 0.3) is 10.9 Å². The van der Waals surface area contributed by atoms with E-state index in [2.05, 4.69) is 49.3 Å². The number of amides is 1. The number of rotatable bonds is 7. The highest BCUT2D eigenvalue weighted by atomic mass is 35.5. The minimum absolute atomic E-state index is 0. The number of carbonyl (C=O) groups excluding carboxylic acids is 1. The highest BCUT2D eigenvalue weighted by molar-refractivity contribution is 6.07. The molecule has 2 fully saturated rings. The van der Waals surface area contributed by atoms with Crippen molar-refractivity contribution in [3.63, 3.8) is 0 Å². The molecule has 3 N–H and O–H groups in total. The van der Waals surface area contributed by atoms with Crippen LogP contribution in [0.5, 0.6) is 0 Å². The lowest BCUT2D eigenvalue weighted by atomic mass is 10.1. The predicted octanol–water partition coefficient (Wildman–Crippen LogP) is 3.62. The number of fused-ring (bicyclic) bond motifs is 1. The number of hydrogen-bond donors (Lipinski definition) is 3. The first-order valence-electron chi connectivity index (χ1n) is 13.0. The molecule has 12 heteroatoms. The number of anilines is 3. The summed E-state index contributed by atoms with van der Waals surface area (Å²) in [7, 11) is 1.54. The lowest BCUT2D eigenvalue weighted by Crippen LogP contribution is -2.46. The second-order valence-corrected chi connectivity index (χ2v) is 10.0. The van der Waals surface area contributed by atoms with Crippen LogP contribution in [-0.4, -0.2) is 77.0 Å². The number of alkyl halides is 1. The lowest BCUT2D eigenvalue weighted by molar-refractivity contribution is 0.0194. The van der Waals surface area contributed by atoms with Crippen molar-refractivity contribution in [3.05, 3.63) is 36.3 Å². The Morgan fingerprint density at radius 2 is 2.00 bits per heavy atom. The first-order chi connectivity index (χ1) is 17.9. The molecule has 0 unspecified atom stereocenters. The third-order valence-corrected chi connectivity index (χ3v) is 7.16. The fraction of sp³-hybridized carbons (Fsp3) is 0.538. The maximum atomic E-state index is 14.4. The highest BCUT2D eigenvalue weighted by Gasteiger charge is 2.30. The minimum Gasteiger partial charge on any atom is -0.378 e. The molecule has 1 amide bonds. The summed E-state index contributed by atoms with van der Waals surface area (Å²) in [4.78, 5) is 28.5. The molecule has 38 heavy (non-hydrogen) atoms. The molecule has 5 rings (SSSR count). The van der Waals surface area contributed by atoms with E-state index in [1.165, 1.54) is 7.11 Å². The molecule has 3 aromatic heterocycles. The molecule has 10 nitrogen and oxygen atoms in total. The molecule has 206 valence electrons. The smallest absolute Gasteiger partial charge is 0.253 e. The van der Waals surface area contributed by atoms with Gasteiger partial charge in [0.05, 0.1) is 23.7 Å². The van der Waals surface area contributed by atoms with Crippen molar-refractivity contribution in [3.8, 4) is 0 Å². The van der Waals surface area contributed by atoms with Crippen LogP contribution in [0.15, 0.2) is 30.7 Å². The highest BCUT2D eigenvalue weighted by Crippen LogP contribution is 2.28. The molecule has 0 saturated carbocycles. The first-order valence-corrected chi connectivity index (χ1v) is 13.0. The summed E-state index contributed by atoms with van der Waals surface area (Å²) in [5.74, 6) is 1.56. The number of piperidine rings is 2. The average Bonchev–Trinajstić information content (AvgIpc) is 3.29. The third kappa shape index (κ3) is 6.00. The van der Waals surface area contributed by atoms with Crippen LogP contribution in [0, 0.1) is 0 Å². The summed E-state index contributed by atoms with van der Waals surface area (Å²) in [6.07, 6.45) is 6.26. The molecular weight excluding hydrogens is 511 g/mol. The van der Waals surface area contributed by atoms with Crippen LogP contribution in [0.3, 0.4) is 0 Å². The van der Waals surface area contributed by atoms with E-state index in [-0.39, 0.29) is 36.9 Å². The molecule has 2 atom stereocenters. The van der Waals surface area contributed by atoms with Crippen molar-refractivity contribution in [1.82, 2.24) is 30.2 Å². The Morgan fingerprint density at radius 3 is 2.71 bits per heavy atom. The molecule has 2 aliphatic rings. The summed E-state index contributed by atoms with van der Waals surface area (Å²) in [5.41, 5.74) is 1.55. The number of ether oxygens (including phenoxy) is 1. The second-order valence-electron chi connectivity index (χ2n) is 10.0. The molecule has 2 aliphatic heterocycles. The Labute approximate surface area is 228 Å². The number of nitrogens with zero attached hydrogens (tertiary/aromatic N) is 5. The first kappa shape index (κ1) is 28.0. The quantitative estimate of drug-likeness (QED) is 0.412. The Morgan fingerprint density at radius 1 is 1.21 bits per heavy atom. The van der Waals surface area contributed by atoms with Crippen LogP contribution in [-0.2, 0) is 4.74 Å². The van der Waals surface area contributed by atoms with Gasteiger partial charge in [0.1, 0.15) is 17.8 Å². The fourth-order valence-corrected chi connectivity index (χ4v) is 5.08. The van der Waals surface area contributed by atoms with Gasteiger partial charge in [0.25, 0.3) is 5.91 Å². The monoisotopic (exact) mass is 546 g/mol. The standard InChI is InChI=1S/C26H35FN8O2.ClH/c1-16(2)35-14-19(25(36)31-17-4-8-28-9-5-17)18-13-30-24(12-21(18)35)32-23-6-10-29-26(33-23)34-11-7-22(37-3)20(27)15-34;/h6,10,12-14,16-17,20,22,28H,4-5,7-9,11,15H2,1-3H3,(H,31,36)(H,29,30,32,33);1H/t20-,22+;/m1./s1. The van der Waals surface area contributed by atoms with Crippen molar-refractivity contribution in [2.24, 2.45) is 0 Å². The van der Waals surface area contributed by atoms with Crippen molar-refractivity contribution < 1.29 is 13.9 Å². The Balaban J connectivity index is 0.00000336. The zero-order valence-electron chi connectivity index (χ0n) is 22.0. The maximum Gasteiger partial charge on any atom is 0.253 e. The van der Waals surface area contributed by atoms with Crippen molar-refractivity contribution in [2.75, 3.05) is 43.5 Å². The number of pyridine rings is 1. The summed E-state index contributed by atoms with van der Waals surface area (Å²) in [5, 5.41) is 10.6. The van der Waals surface area contributed by atoms with E-state index < -0.39 is 12.3 Å². The van der Waals surface area contributed by atoms with Gasteiger partial charge in [0, 0.05) is 55.8 Å². The number of nitrogens with one attached hydrogen (secondary N) is 3. The topological polar surface area (TPSA) is 109 Å². The molecule has 0 aliphatic carbocycles. The van der Waals surface area contributed by atoms with Crippen molar-refractivity contribution in [1.29, 1.82) is 0 Å². The molecule has 0 radical (unpaired) electrons. The van der Waals surface area contributed by atoms with Crippen molar-refractivity contribution >= 4 is 46.8 Å². The number of halogens is 2. The third-order valence-electron chi connectivity index (χ3n) is 7.16. The average molecular weight is 547 g/mol. The molecular formula is C26H36ClFN8O2. The van der Waals surface area contributed by atoms with Gasteiger partial charge in [0.2, 0.25) is 5.95 Å². The van der Waals surface area contributed by atoms with Crippen LogP contribution in [0.4, 0.5) is 22.0 Å². The summed E-state index contributed by atoms with van der Waals surface area (Å²) in [6, 6.07) is 4.02. The van der Waals surface area contributed by atoms with Crippen LogP contribution in [0.1, 0.15) is 49.5 Å². The molecule has 3 aromatic rings. The van der Waals surface area contributed by atoms with E-state index in [4.69, 9.17) is 4.74 Å². The second kappa shape index (κ2) is 12.2. The maximum absolute atomic E-state index is 14.4. The predicted molar refractivity (Wildman–Crippen MR) is 149 cm³/mol. The molecule has 0 spiro atoms. The Bertz CT molecular complexity index is 1250. The molecule has 2 saturated heterocycles. The van der Waals surface area contributed by atoms with Gasteiger partial charge in [-0.15, -0.1) is 12.4 Å². The summed E-state index contributed by atoms with van der Waals surface area (Å²) >= 11 is 0. The van der Waals surface area contributed by atoms with E-state index >= 15 is 0 Å². The van der Waals surface area contributed by atoms with E-state index in [0.29, 0.717) is 36.1 Å². The number of methoxy groups -OCH3 is 1. The molecule has 5 heterocycles. The Kier molecular flexibility index (Phi) is 9.01. The molecule has 0 bridgehead atoms.